The molecule has 0 aromatic heterocycles. The highest BCUT2D eigenvalue weighted by Gasteiger charge is 2.32. The molecule has 3 heteroatoms. The molecule has 0 amide bonds. The third-order valence-corrected chi connectivity index (χ3v) is 3.34. The van der Waals surface area contributed by atoms with Crippen LogP contribution < -0.4 is 0 Å². The molecule has 0 aromatic rings. The first-order chi connectivity index (χ1) is 5.79. The van der Waals surface area contributed by atoms with Crippen LogP contribution in [0.3, 0.4) is 0 Å². The van der Waals surface area contributed by atoms with E-state index in [1.807, 2.05) is 0 Å². The molecule has 2 aliphatic rings. The van der Waals surface area contributed by atoms with Gasteiger partial charge in [0.05, 0.1) is 0 Å². The number of hydrogen-bond acceptors (Lipinski definition) is 3. The van der Waals surface area contributed by atoms with Crippen molar-refractivity contribution in [1.82, 2.24) is 4.90 Å². The number of aliphatic imine (C=N–C) groups is 1. The Morgan fingerprint density at radius 3 is 3.25 bits per heavy atom. The predicted octanol–water partition coefficient (Wildman–Crippen LogP) is 1.75. The first kappa shape index (κ1) is 8.17. The Kier molecular flexibility index (Phi) is 2.13. The average Bonchev–Trinajstić information content (AvgIpc) is 2.47. The van der Waals surface area contributed by atoms with Crippen LogP contribution in [-0.4, -0.2) is 30.6 Å². The Morgan fingerprint density at radius 1 is 1.67 bits per heavy atom. The van der Waals surface area contributed by atoms with Gasteiger partial charge < -0.3 is 4.90 Å². The molecule has 1 radical (unpaired) electrons. The van der Waals surface area contributed by atoms with E-state index in [1.54, 1.807) is 11.8 Å². The van der Waals surface area contributed by atoms with Gasteiger partial charge in [-0.25, -0.2) is 0 Å². The van der Waals surface area contributed by atoms with E-state index in [1.165, 1.54) is 12.1 Å². The van der Waals surface area contributed by atoms with E-state index in [2.05, 4.69) is 35.6 Å². The maximum Gasteiger partial charge on any atom is 0.108 e. The lowest BCUT2D eigenvalue weighted by Gasteiger charge is -2.25. The lowest BCUT2D eigenvalue weighted by Crippen LogP contribution is -2.24. The third-order valence-electron chi connectivity index (χ3n) is 2.32. The van der Waals surface area contributed by atoms with Crippen LogP contribution in [0.1, 0.15) is 12.8 Å². The average molecular weight is 181 g/mol. The normalized spacial score (nSPS) is 33.0. The lowest BCUT2D eigenvalue weighted by atomic mass is 9.98. The van der Waals surface area contributed by atoms with E-state index in [-0.39, 0.29) is 0 Å². The second-order valence-corrected chi connectivity index (χ2v) is 4.33. The molecule has 12 heavy (non-hydrogen) atoms. The van der Waals surface area contributed by atoms with Gasteiger partial charge in [-0.2, -0.15) is 0 Å². The zero-order valence-electron chi connectivity index (χ0n) is 7.45. The zero-order valence-corrected chi connectivity index (χ0v) is 8.27. The van der Waals surface area contributed by atoms with Gasteiger partial charge in [0.25, 0.3) is 0 Å². The van der Waals surface area contributed by atoms with Crippen molar-refractivity contribution in [3.05, 3.63) is 11.1 Å². The van der Waals surface area contributed by atoms with Gasteiger partial charge >= 0.3 is 0 Å². The standard InChI is InChI=1S/C9H13N2S/c1-11(2)8-6-12-9-7(8)4-3-5-10-9/h5,7,9H,3-4H2,1-2H3. The molecule has 2 rings (SSSR count). The molecule has 0 aliphatic carbocycles. The van der Waals surface area contributed by atoms with E-state index < -0.39 is 0 Å². The topological polar surface area (TPSA) is 15.6 Å². The molecular formula is C9H13N2S. The van der Waals surface area contributed by atoms with Crippen LogP contribution in [-0.2, 0) is 0 Å². The van der Waals surface area contributed by atoms with Crippen LogP contribution >= 0.6 is 11.8 Å². The Labute approximate surface area is 77.7 Å². The first-order valence-corrected chi connectivity index (χ1v) is 5.14. The molecule has 2 nitrogen and oxygen atoms in total. The van der Waals surface area contributed by atoms with Crippen LogP contribution in [0.4, 0.5) is 0 Å². The highest BCUT2D eigenvalue weighted by Crippen LogP contribution is 2.40. The van der Waals surface area contributed by atoms with E-state index in [0.29, 0.717) is 11.3 Å². The molecule has 2 unspecified atom stereocenters. The van der Waals surface area contributed by atoms with Crippen LogP contribution in [0, 0.1) is 11.3 Å². The largest absolute Gasteiger partial charge is 0.380 e. The van der Waals surface area contributed by atoms with Crippen molar-refractivity contribution in [3.8, 4) is 0 Å². The maximum atomic E-state index is 4.45. The van der Waals surface area contributed by atoms with Gasteiger partial charge in [0.15, 0.2) is 0 Å². The minimum Gasteiger partial charge on any atom is -0.380 e. The zero-order chi connectivity index (χ0) is 8.55. The van der Waals surface area contributed by atoms with Crippen LogP contribution in [0.2, 0.25) is 0 Å². The van der Waals surface area contributed by atoms with E-state index in [4.69, 9.17) is 0 Å². The molecule has 0 N–H and O–H groups in total. The lowest BCUT2D eigenvalue weighted by molar-refractivity contribution is 0.398. The Bertz CT molecular complexity index is 233. The number of rotatable bonds is 1. The Balaban J connectivity index is 2.15. The molecule has 2 heterocycles. The van der Waals surface area contributed by atoms with Gasteiger partial charge in [-0.1, -0.05) is 11.8 Å². The monoisotopic (exact) mass is 181 g/mol. The fraction of sp³-hybridized carbons (Fsp3) is 0.667. The Morgan fingerprint density at radius 2 is 2.50 bits per heavy atom. The Hall–Kier alpha value is -0.440. The summed E-state index contributed by atoms with van der Waals surface area (Å²) < 4.78 is 0. The van der Waals surface area contributed by atoms with E-state index in [9.17, 15) is 0 Å². The summed E-state index contributed by atoms with van der Waals surface area (Å²) in [6.07, 6.45) is 4.41. The summed E-state index contributed by atoms with van der Waals surface area (Å²) in [6, 6.07) is 0. The highest BCUT2D eigenvalue weighted by molar-refractivity contribution is 8.01. The van der Waals surface area contributed by atoms with Crippen molar-refractivity contribution < 1.29 is 0 Å². The molecule has 0 fully saturated rings. The second kappa shape index (κ2) is 3.13. The minimum atomic E-state index is 0.427. The smallest absolute Gasteiger partial charge is 0.108 e. The fourth-order valence-electron chi connectivity index (χ4n) is 1.68. The fourth-order valence-corrected chi connectivity index (χ4v) is 2.83. The second-order valence-electron chi connectivity index (χ2n) is 3.41. The molecule has 0 aromatic carbocycles. The number of thioether (sulfide) groups is 1. The number of fused-ring (bicyclic) bond motifs is 1. The predicted molar refractivity (Wildman–Crippen MR) is 53.0 cm³/mol. The summed E-state index contributed by atoms with van der Waals surface area (Å²) in [5.74, 6) is 0.620. The van der Waals surface area contributed by atoms with E-state index >= 15 is 0 Å². The van der Waals surface area contributed by atoms with Crippen LogP contribution in [0.25, 0.3) is 0 Å². The molecule has 0 saturated heterocycles. The van der Waals surface area contributed by atoms with Gasteiger partial charge in [0.2, 0.25) is 0 Å². The van der Waals surface area contributed by atoms with Crippen molar-refractivity contribution in [1.29, 1.82) is 0 Å². The summed E-state index contributed by atoms with van der Waals surface area (Å²) in [5.41, 5.74) is 1.34. The van der Waals surface area contributed by atoms with Gasteiger partial charge in [-0.15, -0.1) is 0 Å². The molecule has 0 spiro atoms. The van der Waals surface area contributed by atoms with Gasteiger partial charge in [-0.05, 0) is 12.8 Å². The summed E-state index contributed by atoms with van der Waals surface area (Å²) >= 11 is 1.74. The minimum absolute atomic E-state index is 0.427. The number of hydrogen-bond donors (Lipinski definition) is 0. The van der Waals surface area contributed by atoms with Crippen LogP contribution in [0.5, 0.6) is 0 Å². The van der Waals surface area contributed by atoms with Crippen molar-refractivity contribution in [2.75, 3.05) is 14.1 Å². The molecule has 65 valence electrons. The molecular weight excluding hydrogens is 168 g/mol. The molecule has 2 aliphatic heterocycles. The van der Waals surface area contributed by atoms with Crippen molar-refractivity contribution in [2.45, 2.75) is 18.2 Å². The van der Waals surface area contributed by atoms with Gasteiger partial charge in [-0.3, -0.25) is 4.99 Å². The highest BCUT2D eigenvalue weighted by atomic mass is 32.2. The summed E-state index contributed by atoms with van der Waals surface area (Å²) in [4.78, 5) is 6.62. The summed E-state index contributed by atoms with van der Waals surface area (Å²) in [5, 5.41) is 3.77. The quantitative estimate of drug-likeness (QED) is 0.612. The number of nitrogens with zero attached hydrogens (tertiary/aromatic N) is 2. The maximum absolute atomic E-state index is 4.45. The molecule has 2 atom stereocenters. The van der Waals surface area contributed by atoms with Crippen molar-refractivity contribution in [2.24, 2.45) is 10.9 Å². The molecule has 0 bridgehead atoms. The third kappa shape index (κ3) is 1.26. The van der Waals surface area contributed by atoms with Crippen LogP contribution in [0.15, 0.2) is 10.7 Å². The van der Waals surface area contributed by atoms with Gasteiger partial charge in [0.1, 0.15) is 5.37 Å². The van der Waals surface area contributed by atoms with Crippen molar-refractivity contribution in [3.63, 3.8) is 0 Å². The molecule has 0 saturated carbocycles. The SMILES string of the molecule is CN(C)C1=[C]SC2N=CCCC12. The van der Waals surface area contributed by atoms with E-state index in [0.717, 1.165) is 6.42 Å². The van der Waals surface area contributed by atoms with Gasteiger partial charge in [0, 0.05) is 37.3 Å². The summed E-state index contributed by atoms with van der Waals surface area (Å²) in [7, 11) is 4.17. The van der Waals surface area contributed by atoms with Crippen molar-refractivity contribution >= 4 is 18.0 Å². The summed E-state index contributed by atoms with van der Waals surface area (Å²) in [6.45, 7) is 0. The first-order valence-electron chi connectivity index (χ1n) is 4.26.